The Balaban J connectivity index is 2.35. The van der Waals surface area contributed by atoms with Gasteiger partial charge in [-0.05, 0) is 6.07 Å². The third-order valence-electron chi connectivity index (χ3n) is 2.43. The summed E-state index contributed by atoms with van der Waals surface area (Å²) >= 11 is 0. The number of hydrogen-bond donors (Lipinski definition) is 0. The molecular formula is C10H11NO4. The van der Waals surface area contributed by atoms with Crippen LogP contribution in [-0.4, -0.2) is 10.7 Å². The Hall–Kier alpha value is -1.78. The minimum atomic E-state index is -0.697. The van der Waals surface area contributed by atoms with Crippen molar-refractivity contribution in [2.24, 2.45) is 0 Å². The molecule has 1 aromatic rings. The molecule has 1 aliphatic heterocycles. The number of ether oxygens (including phenoxy) is 2. The van der Waals surface area contributed by atoms with Gasteiger partial charge >= 0.3 is 0 Å². The van der Waals surface area contributed by atoms with E-state index in [1.54, 1.807) is 13.0 Å². The van der Waals surface area contributed by atoms with E-state index >= 15 is 0 Å². The number of benzene rings is 1. The van der Waals surface area contributed by atoms with E-state index < -0.39 is 10.7 Å². The van der Waals surface area contributed by atoms with E-state index in [1.165, 1.54) is 12.1 Å². The minimum absolute atomic E-state index is 0.0118. The fourth-order valence-corrected chi connectivity index (χ4v) is 1.40. The summed E-state index contributed by atoms with van der Waals surface area (Å²) in [5, 5.41) is 10.5. The van der Waals surface area contributed by atoms with Crippen molar-refractivity contribution < 1.29 is 14.4 Å². The molecule has 0 saturated carbocycles. The number of nitro groups is 1. The topological polar surface area (TPSA) is 61.6 Å². The fraction of sp³-hybridized carbons (Fsp3) is 0.400. The highest BCUT2D eigenvalue weighted by atomic mass is 16.7. The van der Waals surface area contributed by atoms with Crippen molar-refractivity contribution in [1.82, 2.24) is 0 Å². The summed E-state index contributed by atoms with van der Waals surface area (Å²) in [6, 6.07) is 4.36. The third kappa shape index (κ3) is 1.60. The Morgan fingerprint density at radius 2 is 2.07 bits per heavy atom. The summed E-state index contributed by atoms with van der Waals surface area (Å²) in [7, 11) is 0. The second-order valence-corrected chi connectivity index (χ2v) is 3.58. The monoisotopic (exact) mass is 209 g/mol. The van der Waals surface area contributed by atoms with Crippen LogP contribution in [0.25, 0.3) is 0 Å². The summed E-state index contributed by atoms with van der Waals surface area (Å²) < 4.78 is 11.0. The van der Waals surface area contributed by atoms with E-state index in [-0.39, 0.29) is 5.69 Å². The molecule has 1 aromatic carbocycles. The lowest BCUT2D eigenvalue weighted by Crippen LogP contribution is -2.33. The number of nitro benzene ring substituents is 1. The standard InChI is InChI=1S/C10H11NO4/c1-3-10(2)14-8-5-4-7(11(12)13)6-9(8)15-10/h4-6H,3H2,1-2H3. The largest absolute Gasteiger partial charge is 0.449 e. The molecule has 0 aromatic heterocycles. The highest BCUT2D eigenvalue weighted by molar-refractivity contribution is 5.50. The normalized spacial score (nSPS) is 22.8. The van der Waals surface area contributed by atoms with Crippen molar-refractivity contribution in [3.8, 4) is 11.5 Å². The number of non-ortho nitro benzene ring substituents is 1. The van der Waals surface area contributed by atoms with Gasteiger partial charge < -0.3 is 9.47 Å². The zero-order valence-electron chi connectivity index (χ0n) is 8.52. The van der Waals surface area contributed by atoms with Gasteiger partial charge in [-0.1, -0.05) is 6.92 Å². The van der Waals surface area contributed by atoms with Gasteiger partial charge in [-0.3, -0.25) is 10.1 Å². The molecule has 0 aliphatic carbocycles. The van der Waals surface area contributed by atoms with E-state index in [0.717, 1.165) is 0 Å². The molecule has 5 heteroatoms. The highest BCUT2D eigenvalue weighted by Gasteiger charge is 2.35. The van der Waals surface area contributed by atoms with Crippen LogP contribution in [0.2, 0.25) is 0 Å². The molecule has 0 fully saturated rings. The first-order valence-corrected chi connectivity index (χ1v) is 4.70. The van der Waals surface area contributed by atoms with E-state index in [2.05, 4.69) is 0 Å². The molecule has 1 atom stereocenters. The van der Waals surface area contributed by atoms with E-state index in [9.17, 15) is 10.1 Å². The molecule has 5 nitrogen and oxygen atoms in total. The molecule has 0 amide bonds. The second kappa shape index (κ2) is 3.12. The van der Waals surface area contributed by atoms with Gasteiger partial charge in [0, 0.05) is 19.4 Å². The predicted octanol–water partition coefficient (Wildman–Crippen LogP) is 2.49. The van der Waals surface area contributed by atoms with Crippen LogP contribution in [0.5, 0.6) is 11.5 Å². The summed E-state index contributed by atoms with van der Waals surface area (Å²) in [4.78, 5) is 10.1. The van der Waals surface area contributed by atoms with Gasteiger partial charge in [0.1, 0.15) is 0 Å². The number of hydrogen-bond acceptors (Lipinski definition) is 4. The van der Waals surface area contributed by atoms with Gasteiger partial charge in [0.05, 0.1) is 11.0 Å². The predicted molar refractivity (Wildman–Crippen MR) is 53.0 cm³/mol. The number of nitrogens with zero attached hydrogens (tertiary/aromatic N) is 1. The lowest BCUT2D eigenvalue weighted by Gasteiger charge is -2.20. The quantitative estimate of drug-likeness (QED) is 0.554. The molecule has 0 bridgehead atoms. The Bertz CT molecular complexity index is 418. The third-order valence-corrected chi connectivity index (χ3v) is 2.43. The summed E-state index contributed by atoms with van der Waals surface area (Å²) in [6.45, 7) is 3.74. The Morgan fingerprint density at radius 3 is 2.67 bits per heavy atom. The van der Waals surface area contributed by atoms with Crippen molar-refractivity contribution >= 4 is 5.69 Å². The Labute approximate surface area is 86.8 Å². The van der Waals surface area contributed by atoms with E-state index in [4.69, 9.17) is 9.47 Å². The molecule has 0 spiro atoms. The molecule has 80 valence electrons. The zero-order chi connectivity index (χ0) is 11.1. The molecule has 1 aliphatic rings. The van der Waals surface area contributed by atoms with E-state index in [0.29, 0.717) is 17.9 Å². The first kappa shape index (κ1) is 9.76. The van der Waals surface area contributed by atoms with Crippen molar-refractivity contribution in [1.29, 1.82) is 0 Å². The maximum Gasteiger partial charge on any atom is 0.273 e. The average Bonchev–Trinajstić information content (AvgIpc) is 2.53. The van der Waals surface area contributed by atoms with Gasteiger partial charge in [-0.25, -0.2) is 0 Å². The van der Waals surface area contributed by atoms with Crippen LogP contribution in [-0.2, 0) is 0 Å². The average molecular weight is 209 g/mol. The van der Waals surface area contributed by atoms with Crippen LogP contribution in [0.1, 0.15) is 20.3 Å². The molecule has 0 saturated heterocycles. The van der Waals surface area contributed by atoms with Crippen LogP contribution < -0.4 is 9.47 Å². The lowest BCUT2D eigenvalue weighted by atomic mass is 10.2. The fourth-order valence-electron chi connectivity index (χ4n) is 1.40. The Kier molecular flexibility index (Phi) is 2.03. The van der Waals surface area contributed by atoms with Crippen LogP contribution >= 0.6 is 0 Å². The summed E-state index contributed by atoms with van der Waals surface area (Å²) in [6.07, 6.45) is 0.676. The molecule has 15 heavy (non-hydrogen) atoms. The van der Waals surface area contributed by atoms with Gasteiger partial charge in [0.2, 0.25) is 5.79 Å². The van der Waals surface area contributed by atoms with Crippen LogP contribution in [0.4, 0.5) is 5.69 Å². The van der Waals surface area contributed by atoms with E-state index in [1.807, 2.05) is 6.92 Å². The molecule has 2 rings (SSSR count). The molecule has 0 radical (unpaired) electrons. The molecule has 1 heterocycles. The first-order chi connectivity index (χ1) is 7.04. The van der Waals surface area contributed by atoms with Gasteiger partial charge in [-0.2, -0.15) is 0 Å². The SMILES string of the molecule is CCC1(C)Oc2ccc([N+](=O)[O-])cc2O1. The molecule has 0 N–H and O–H groups in total. The Morgan fingerprint density at radius 1 is 1.40 bits per heavy atom. The van der Waals surface area contributed by atoms with Crippen molar-refractivity contribution in [3.05, 3.63) is 28.3 Å². The van der Waals surface area contributed by atoms with Crippen LogP contribution in [0.15, 0.2) is 18.2 Å². The van der Waals surface area contributed by atoms with Gasteiger partial charge in [0.15, 0.2) is 11.5 Å². The molecule has 1 unspecified atom stereocenters. The minimum Gasteiger partial charge on any atom is -0.449 e. The second-order valence-electron chi connectivity index (χ2n) is 3.58. The maximum atomic E-state index is 10.5. The van der Waals surface area contributed by atoms with Crippen molar-refractivity contribution in [2.45, 2.75) is 26.1 Å². The maximum absolute atomic E-state index is 10.5. The summed E-state index contributed by atoms with van der Waals surface area (Å²) in [5.74, 6) is 0.302. The van der Waals surface area contributed by atoms with Crippen LogP contribution in [0, 0.1) is 10.1 Å². The molecular weight excluding hydrogens is 198 g/mol. The van der Waals surface area contributed by atoms with Crippen molar-refractivity contribution in [2.75, 3.05) is 0 Å². The van der Waals surface area contributed by atoms with Crippen molar-refractivity contribution in [3.63, 3.8) is 0 Å². The number of fused-ring (bicyclic) bond motifs is 1. The summed E-state index contributed by atoms with van der Waals surface area (Å²) in [5.41, 5.74) is 0.0118. The highest BCUT2D eigenvalue weighted by Crippen LogP contribution is 2.42. The van der Waals surface area contributed by atoms with Crippen LogP contribution in [0.3, 0.4) is 0 Å². The van der Waals surface area contributed by atoms with Gasteiger partial charge in [-0.15, -0.1) is 0 Å². The zero-order valence-corrected chi connectivity index (χ0v) is 8.52. The number of rotatable bonds is 2. The first-order valence-electron chi connectivity index (χ1n) is 4.70. The smallest absolute Gasteiger partial charge is 0.273 e. The van der Waals surface area contributed by atoms with Gasteiger partial charge in [0.25, 0.3) is 5.69 Å². The lowest BCUT2D eigenvalue weighted by molar-refractivity contribution is -0.384.